The van der Waals surface area contributed by atoms with Gasteiger partial charge >= 0.3 is 0 Å². The summed E-state index contributed by atoms with van der Waals surface area (Å²) in [5.74, 6) is -0.242. The zero-order valence-electron chi connectivity index (χ0n) is 15.8. The molecule has 29 heavy (non-hydrogen) atoms. The van der Waals surface area contributed by atoms with E-state index in [1.165, 1.54) is 24.3 Å². The molecule has 2 aromatic rings. The fraction of sp³-hybridized carbons (Fsp3) is 0.286. The molecule has 1 aliphatic rings. The average molecular weight is 414 g/mol. The van der Waals surface area contributed by atoms with Gasteiger partial charge in [-0.1, -0.05) is 42.5 Å². The van der Waals surface area contributed by atoms with Crippen LogP contribution in [0.5, 0.6) is 0 Å². The number of carbonyl (C=O) groups excluding carboxylic acids is 1. The van der Waals surface area contributed by atoms with Gasteiger partial charge in [-0.2, -0.15) is 0 Å². The van der Waals surface area contributed by atoms with Crippen LogP contribution in [0, 0.1) is 10.1 Å². The Bertz CT molecular complexity index is 1020. The second-order valence-corrected chi connectivity index (χ2v) is 9.24. The number of nitro benzene ring substituents is 1. The van der Waals surface area contributed by atoms with Crippen molar-refractivity contribution in [3.63, 3.8) is 0 Å². The summed E-state index contributed by atoms with van der Waals surface area (Å²) in [7, 11) is -3.13. The van der Waals surface area contributed by atoms with Crippen molar-refractivity contribution in [2.24, 2.45) is 0 Å². The number of hydrogen-bond acceptors (Lipinski definition) is 5. The summed E-state index contributed by atoms with van der Waals surface area (Å²) >= 11 is 0. The van der Waals surface area contributed by atoms with E-state index in [0.29, 0.717) is 24.9 Å². The molecule has 0 N–H and O–H groups in total. The number of carbonyl (C=O) groups is 1. The number of nitro groups is 1. The quantitative estimate of drug-likeness (QED) is 0.394. The molecule has 2 aromatic carbocycles. The molecular weight excluding hydrogens is 392 g/mol. The molecule has 3 rings (SSSR count). The zero-order valence-corrected chi connectivity index (χ0v) is 16.6. The van der Waals surface area contributed by atoms with Crippen molar-refractivity contribution in [2.45, 2.75) is 18.9 Å². The third-order valence-corrected chi connectivity index (χ3v) is 6.67. The number of sulfone groups is 1. The monoisotopic (exact) mass is 414 g/mol. The first-order chi connectivity index (χ1) is 13.8. The lowest BCUT2D eigenvalue weighted by molar-refractivity contribution is -0.384. The Morgan fingerprint density at radius 1 is 1.17 bits per heavy atom. The number of rotatable bonds is 7. The van der Waals surface area contributed by atoms with E-state index in [1.807, 2.05) is 30.3 Å². The molecule has 1 saturated heterocycles. The van der Waals surface area contributed by atoms with Gasteiger partial charge in [-0.3, -0.25) is 14.9 Å². The normalized spacial score (nSPS) is 18.0. The highest BCUT2D eigenvalue weighted by molar-refractivity contribution is 7.91. The van der Waals surface area contributed by atoms with Crippen LogP contribution in [-0.2, 0) is 21.1 Å². The summed E-state index contributed by atoms with van der Waals surface area (Å²) in [4.78, 5) is 24.9. The third kappa shape index (κ3) is 5.74. The first-order valence-corrected chi connectivity index (χ1v) is 11.1. The molecule has 1 fully saturated rings. The largest absolute Gasteiger partial charge is 0.335 e. The van der Waals surface area contributed by atoms with E-state index < -0.39 is 14.8 Å². The fourth-order valence-corrected chi connectivity index (χ4v) is 5.12. The summed E-state index contributed by atoms with van der Waals surface area (Å²) in [6.07, 6.45) is 3.92. The average Bonchev–Trinajstić information content (AvgIpc) is 3.07. The Morgan fingerprint density at radius 3 is 2.59 bits per heavy atom. The van der Waals surface area contributed by atoms with Gasteiger partial charge in [0.05, 0.1) is 16.4 Å². The lowest BCUT2D eigenvalue weighted by Crippen LogP contribution is -2.41. The van der Waals surface area contributed by atoms with E-state index >= 15 is 0 Å². The van der Waals surface area contributed by atoms with Crippen molar-refractivity contribution in [3.8, 4) is 0 Å². The number of amides is 1. The Labute approximate surface area is 169 Å². The van der Waals surface area contributed by atoms with Crippen LogP contribution in [0.25, 0.3) is 6.08 Å². The standard InChI is InChI=1S/C21H22N2O5S/c24-21(10-9-18-7-4-8-19(15-18)23(25)26)22(20-12-14-29(27,28)16-20)13-11-17-5-2-1-3-6-17/h1-10,15,20H,11-14,16H2. The fourth-order valence-electron chi connectivity index (χ4n) is 3.39. The molecule has 0 radical (unpaired) electrons. The topological polar surface area (TPSA) is 97.6 Å². The number of nitrogens with zero attached hydrogens (tertiary/aromatic N) is 2. The van der Waals surface area contributed by atoms with Crippen molar-refractivity contribution in [1.82, 2.24) is 4.90 Å². The maximum absolute atomic E-state index is 12.9. The van der Waals surface area contributed by atoms with Gasteiger partial charge in [-0.05, 0) is 30.0 Å². The maximum atomic E-state index is 12.9. The van der Waals surface area contributed by atoms with Gasteiger partial charge in [0.25, 0.3) is 5.69 Å². The minimum Gasteiger partial charge on any atom is -0.335 e. The second-order valence-electron chi connectivity index (χ2n) is 7.01. The smallest absolute Gasteiger partial charge is 0.270 e. The predicted octanol–water partition coefficient (Wildman–Crippen LogP) is 2.87. The molecule has 1 unspecified atom stereocenters. The summed E-state index contributed by atoms with van der Waals surface area (Å²) < 4.78 is 23.8. The minimum absolute atomic E-state index is 0.0296. The molecule has 0 spiro atoms. The molecule has 152 valence electrons. The van der Waals surface area contributed by atoms with E-state index in [2.05, 4.69) is 0 Å². The molecule has 0 bridgehead atoms. The van der Waals surface area contributed by atoms with Gasteiger partial charge in [-0.15, -0.1) is 0 Å². The van der Waals surface area contributed by atoms with Gasteiger partial charge in [0.15, 0.2) is 9.84 Å². The predicted molar refractivity (Wildman–Crippen MR) is 111 cm³/mol. The van der Waals surface area contributed by atoms with Crippen molar-refractivity contribution in [1.29, 1.82) is 0 Å². The summed E-state index contributed by atoms with van der Waals surface area (Å²) in [5.41, 5.74) is 1.55. The second kappa shape index (κ2) is 9.00. The van der Waals surface area contributed by atoms with Crippen molar-refractivity contribution in [3.05, 3.63) is 81.9 Å². The van der Waals surface area contributed by atoms with Crippen LogP contribution in [0.4, 0.5) is 5.69 Å². The van der Waals surface area contributed by atoms with Gasteiger partial charge in [0.1, 0.15) is 0 Å². The summed E-state index contributed by atoms with van der Waals surface area (Å²) in [6.45, 7) is 0.405. The van der Waals surface area contributed by atoms with E-state index in [-0.39, 0.29) is 29.1 Å². The molecule has 0 aromatic heterocycles. The van der Waals surface area contributed by atoms with Gasteiger partial charge < -0.3 is 4.90 Å². The van der Waals surface area contributed by atoms with Crippen molar-refractivity contribution < 1.29 is 18.1 Å². The van der Waals surface area contributed by atoms with Crippen LogP contribution in [0.15, 0.2) is 60.7 Å². The lowest BCUT2D eigenvalue weighted by Gasteiger charge is -2.27. The molecule has 0 aliphatic carbocycles. The van der Waals surface area contributed by atoms with Crippen LogP contribution < -0.4 is 0 Å². The maximum Gasteiger partial charge on any atom is 0.270 e. The first kappa shape index (κ1) is 20.7. The van der Waals surface area contributed by atoms with Gasteiger partial charge in [0, 0.05) is 30.8 Å². The minimum atomic E-state index is -3.13. The highest BCUT2D eigenvalue weighted by Crippen LogP contribution is 2.20. The Balaban J connectivity index is 1.76. The third-order valence-electron chi connectivity index (χ3n) is 4.92. The van der Waals surface area contributed by atoms with Crippen molar-refractivity contribution >= 4 is 27.5 Å². The molecule has 7 nitrogen and oxygen atoms in total. The molecule has 8 heteroatoms. The molecule has 1 aliphatic heterocycles. The molecule has 1 heterocycles. The summed E-state index contributed by atoms with van der Waals surface area (Å²) in [6, 6.07) is 15.3. The number of hydrogen-bond donors (Lipinski definition) is 0. The first-order valence-electron chi connectivity index (χ1n) is 9.31. The zero-order chi connectivity index (χ0) is 20.9. The Kier molecular flexibility index (Phi) is 6.43. The Morgan fingerprint density at radius 2 is 1.93 bits per heavy atom. The van der Waals surface area contributed by atoms with Gasteiger partial charge in [0.2, 0.25) is 5.91 Å². The van der Waals surface area contributed by atoms with Crippen LogP contribution >= 0.6 is 0 Å². The van der Waals surface area contributed by atoms with Crippen LogP contribution in [0.3, 0.4) is 0 Å². The molecular formula is C21H22N2O5S. The van der Waals surface area contributed by atoms with Crippen LogP contribution in [0.1, 0.15) is 17.5 Å². The van der Waals surface area contributed by atoms with E-state index in [1.54, 1.807) is 17.0 Å². The molecule has 0 saturated carbocycles. The highest BCUT2D eigenvalue weighted by Gasteiger charge is 2.33. The highest BCUT2D eigenvalue weighted by atomic mass is 32.2. The van der Waals surface area contributed by atoms with Crippen LogP contribution in [0.2, 0.25) is 0 Å². The number of non-ortho nitro benzene ring substituents is 1. The lowest BCUT2D eigenvalue weighted by atomic mass is 10.1. The van der Waals surface area contributed by atoms with Crippen molar-refractivity contribution in [2.75, 3.05) is 18.1 Å². The van der Waals surface area contributed by atoms with E-state index in [0.717, 1.165) is 5.56 Å². The Hall–Kier alpha value is -3.00. The number of benzene rings is 2. The van der Waals surface area contributed by atoms with E-state index in [4.69, 9.17) is 0 Å². The van der Waals surface area contributed by atoms with Gasteiger partial charge in [-0.25, -0.2) is 8.42 Å². The summed E-state index contributed by atoms with van der Waals surface area (Å²) in [5, 5.41) is 10.9. The molecule has 1 amide bonds. The SMILES string of the molecule is O=C(C=Cc1cccc([N+](=O)[O-])c1)N(CCc1ccccc1)C1CCS(=O)(=O)C1. The molecule has 1 atom stereocenters. The van der Waals surface area contributed by atoms with E-state index in [9.17, 15) is 23.3 Å². The van der Waals surface area contributed by atoms with Crippen LogP contribution in [-0.4, -0.2) is 48.2 Å².